The van der Waals surface area contributed by atoms with Crippen LogP contribution in [0.15, 0.2) is 54.9 Å². The Morgan fingerprint density at radius 1 is 0.926 bits per heavy atom. The number of pyridine rings is 1. The number of para-hydroxylation sites is 2. The quantitative estimate of drug-likeness (QED) is 0.716. The van der Waals surface area contributed by atoms with Crippen molar-refractivity contribution in [3.63, 3.8) is 0 Å². The van der Waals surface area contributed by atoms with Gasteiger partial charge in [-0.25, -0.2) is 4.98 Å². The summed E-state index contributed by atoms with van der Waals surface area (Å²) in [6.07, 6.45) is 7.43. The van der Waals surface area contributed by atoms with Crippen LogP contribution in [0.3, 0.4) is 0 Å². The number of hydrogen-bond donors (Lipinski definition) is 0. The third kappa shape index (κ3) is 3.39. The van der Waals surface area contributed by atoms with Crippen molar-refractivity contribution < 1.29 is 0 Å². The second kappa shape index (κ2) is 7.24. The van der Waals surface area contributed by atoms with E-state index in [1.54, 1.807) is 0 Å². The first-order valence-corrected chi connectivity index (χ1v) is 9.97. The molecular weight excluding hydrogens is 334 g/mol. The Balaban J connectivity index is 1.29. The summed E-state index contributed by atoms with van der Waals surface area (Å²) in [6, 6.07) is 14.9. The number of nitrogens with zero attached hydrogens (tertiary/aromatic N) is 5. The highest BCUT2D eigenvalue weighted by Crippen LogP contribution is 2.33. The maximum atomic E-state index is 4.87. The van der Waals surface area contributed by atoms with Crippen LogP contribution in [0.25, 0.3) is 11.0 Å². The zero-order valence-electron chi connectivity index (χ0n) is 15.5. The average molecular weight is 359 g/mol. The highest BCUT2D eigenvalue weighted by molar-refractivity contribution is 5.75. The van der Waals surface area contributed by atoms with Crippen LogP contribution in [0.2, 0.25) is 0 Å². The lowest BCUT2D eigenvalue weighted by molar-refractivity contribution is 0.209. The van der Waals surface area contributed by atoms with Crippen LogP contribution in [0.5, 0.6) is 0 Å². The van der Waals surface area contributed by atoms with Crippen LogP contribution in [0, 0.1) is 5.92 Å². The fourth-order valence-corrected chi connectivity index (χ4v) is 4.62. The van der Waals surface area contributed by atoms with E-state index in [-0.39, 0.29) is 0 Å². The molecule has 2 unspecified atom stereocenters. The number of aromatic nitrogens is 3. The summed E-state index contributed by atoms with van der Waals surface area (Å²) in [5, 5.41) is 0. The molecule has 5 nitrogen and oxygen atoms in total. The SMILES string of the molecule is c1ccc(CCN2CCC3CCN(c4cnc5ccccc5n4)CC32)nc1. The van der Waals surface area contributed by atoms with Crippen molar-refractivity contribution in [3.05, 3.63) is 60.6 Å². The van der Waals surface area contributed by atoms with Gasteiger partial charge in [-0.05, 0) is 49.6 Å². The molecule has 1 aromatic carbocycles. The van der Waals surface area contributed by atoms with Gasteiger partial charge in [0, 0.05) is 44.0 Å². The van der Waals surface area contributed by atoms with Crippen molar-refractivity contribution >= 4 is 16.9 Å². The molecule has 27 heavy (non-hydrogen) atoms. The normalized spacial score (nSPS) is 22.9. The summed E-state index contributed by atoms with van der Waals surface area (Å²) in [5.41, 5.74) is 3.14. The summed E-state index contributed by atoms with van der Waals surface area (Å²) in [7, 11) is 0. The molecular formula is C22H25N5. The minimum atomic E-state index is 0.621. The summed E-state index contributed by atoms with van der Waals surface area (Å²) in [4.78, 5) is 19.1. The molecule has 0 spiro atoms. The van der Waals surface area contributed by atoms with Gasteiger partial charge >= 0.3 is 0 Å². The maximum Gasteiger partial charge on any atom is 0.147 e. The third-order valence-electron chi connectivity index (χ3n) is 6.12. The zero-order chi connectivity index (χ0) is 18.1. The molecule has 0 saturated carbocycles. The molecule has 5 heteroatoms. The van der Waals surface area contributed by atoms with Gasteiger partial charge in [0.05, 0.1) is 17.2 Å². The van der Waals surface area contributed by atoms with Crippen LogP contribution >= 0.6 is 0 Å². The van der Waals surface area contributed by atoms with Gasteiger partial charge in [0.25, 0.3) is 0 Å². The molecule has 2 atom stereocenters. The van der Waals surface area contributed by atoms with Crippen LogP contribution < -0.4 is 4.90 Å². The van der Waals surface area contributed by atoms with Crippen molar-refractivity contribution in [3.8, 4) is 0 Å². The van der Waals surface area contributed by atoms with Crippen molar-refractivity contribution in [1.82, 2.24) is 19.9 Å². The molecule has 4 heterocycles. The molecule has 2 aliphatic heterocycles. The third-order valence-corrected chi connectivity index (χ3v) is 6.12. The van der Waals surface area contributed by atoms with E-state index in [4.69, 9.17) is 4.98 Å². The maximum absolute atomic E-state index is 4.87. The number of fused-ring (bicyclic) bond motifs is 2. The summed E-state index contributed by atoms with van der Waals surface area (Å²) in [6.45, 7) is 4.44. The standard InChI is InChI=1S/C22H25N5/c1-2-7-20-19(6-1)24-15-22(25-20)27-13-9-17-8-12-26(21(17)16-27)14-10-18-5-3-4-11-23-18/h1-7,11,15,17,21H,8-10,12-14,16H2. The minimum absolute atomic E-state index is 0.621. The van der Waals surface area contributed by atoms with E-state index >= 15 is 0 Å². The molecule has 2 fully saturated rings. The summed E-state index contributed by atoms with van der Waals surface area (Å²) < 4.78 is 0. The van der Waals surface area contributed by atoms with E-state index in [1.165, 1.54) is 25.1 Å². The molecule has 138 valence electrons. The number of hydrogen-bond acceptors (Lipinski definition) is 5. The largest absolute Gasteiger partial charge is 0.354 e. The highest BCUT2D eigenvalue weighted by atomic mass is 15.3. The van der Waals surface area contributed by atoms with Gasteiger partial charge in [-0.15, -0.1) is 0 Å². The van der Waals surface area contributed by atoms with Gasteiger partial charge in [-0.1, -0.05) is 18.2 Å². The predicted octanol–water partition coefficient (Wildman–Crippen LogP) is 3.17. The monoisotopic (exact) mass is 359 g/mol. The van der Waals surface area contributed by atoms with Crippen molar-refractivity contribution in [2.45, 2.75) is 25.3 Å². The van der Waals surface area contributed by atoms with E-state index in [2.05, 4.69) is 31.9 Å². The Morgan fingerprint density at radius 2 is 1.78 bits per heavy atom. The smallest absolute Gasteiger partial charge is 0.147 e. The van der Waals surface area contributed by atoms with Crippen molar-refractivity contribution in [2.75, 3.05) is 31.1 Å². The first-order valence-electron chi connectivity index (χ1n) is 9.97. The molecule has 0 N–H and O–H groups in total. The van der Waals surface area contributed by atoms with Gasteiger partial charge in [-0.3, -0.25) is 14.9 Å². The Bertz CT molecular complexity index is 913. The minimum Gasteiger partial charge on any atom is -0.354 e. The van der Waals surface area contributed by atoms with Crippen molar-refractivity contribution in [1.29, 1.82) is 0 Å². The number of piperidine rings is 1. The van der Waals surface area contributed by atoms with E-state index in [9.17, 15) is 0 Å². The van der Waals surface area contributed by atoms with Gasteiger partial charge in [-0.2, -0.15) is 0 Å². The first-order chi connectivity index (χ1) is 13.4. The summed E-state index contributed by atoms with van der Waals surface area (Å²) in [5.74, 6) is 1.84. The van der Waals surface area contributed by atoms with E-state index in [1.807, 2.05) is 42.7 Å². The Labute approximate surface area is 160 Å². The lowest BCUT2D eigenvalue weighted by Gasteiger charge is -2.39. The molecule has 2 aromatic heterocycles. The van der Waals surface area contributed by atoms with Gasteiger partial charge < -0.3 is 4.90 Å². The van der Waals surface area contributed by atoms with Crippen LogP contribution in [0.1, 0.15) is 18.5 Å². The van der Waals surface area contributed by atoms with E-state index in [0.717, 1.165) is 48.8 Å². The molecule has 0 amide bonds. The van der Waals surface area contributed by atoms with Crippen LogP contribution in [-0.2, 0) is 6.42 Å². The fourth-order valence-electron chi connectivity index (χ4n) is 4.62. The lowest BCUT2D eigenvalue weighted by Crippen LogP contribution is -2.49. The van der Waals surface area contributed by atoms with Crippen LogP contribution in [0.4, 0.5) is 5.82 Å². The predicted molar refractivity (Wildman–Crippen MR) is 108 cm³/mol. The second-order valence-corrected chi connectivity index (χ2v) is 7.67. The number of anilines is 1. The number of benzene rings is 1. The zero-order valence-corrected chi connectivity index (χ0v) is 15.5. The molecule has 0 bridgehead atoms. The summed E-state index contributed by atoms with van der Waals surface area (Å²) >= 11 is 0. The average Bonchev–Trinajstić information content (AvgIpc) is 3.15. The first kappa shape index (κ1) is 16.6. The second-order valence-electron chi connectivity index (χ2n) is 7.67. The Hall–Kier alpha value is -2.53. The van der Waals surface area contributed by atoms with E-state index in [0.29, 0.717) is 6.04 Å². The molecule has 2 aliphatic rings. The lowest BCUT2D eigenvalue weighted by atomic mass is 9.92. The Kier molecular flexibility index (Phi) is 4.46. The molecule has 0 radical (unpaired) electrons. The van der Waals surface area contributed by atoms with Gasteiger partial charge in [0.2, 0.25) is 0 Å². The highest BCUT2D eigenvalue weighted by Gasteiger charge is 2.38. The number of likely N-dealkylation sites (tertiary alicyclic amines) is 1. The van der Waals surface area contributed by atoms with Gasteiger partial charge in [0.15, 0.2) is 0 Å². The molecule has 3 aromatic rings. The fraction of sp³-hybridized carbons (Fsp3) is 0.409. The van der Waals surface area contributed by atoms with Crippen LogP contribution in [-0.4, -0.2) is 52.1 Å². The van der Waals surface area contributed by atoms with E-state index < -0.39 is 0 Å². The number of rotatable bonds is 4. The van der Waals surface area contributed by atoms with Gasteiger partial charge in [0.1, 0.15) is 5.82 Å². The molecule has 0 aliphatic carbocycles. The molecule has 2 saturated heterocycles. The van der Waals surface area contributed by atoms with Crippen molar-refractivity contribution in [2.24, 2.45) is 5.92 Å². The molecule has 5 rings (SSSR count). The Morgan fingerprint density at radius 3 is 2.67 bits per heavy atom. The topological polar surface area (TPSA) is 45.2 Å².